The van der Waals surface area contributed by atoms with E-state index in [4.69, 9.17) is 8.94 Å². The maximum Gasteiger partial charge on any atom is 0.238 e. The lowest BCUT2D eigenvalue weighted by Crippen LogP contribution is -2.17. The lowest BCUT2D eigenvalue weighted by Gasteiger charge is -2.10. The highest BCUT2D eigenvalue weighted by molar-refractivity contribution is 9.10. The van der Waals surface area contributed by atoms with E-state index in [9.17, 15) is 5.11 Å². The predicted molar refractivity (Wildman–Crippen MR) is 64.2 cm³/mol. The van der Waals surface area contributed by atoms with Crippen LogP contribution in [0.5, 0.6) is 0 Å². The zero-order chi connectivity index (χ0) is 12.4. The van der Waals surface area contributed by atoms with Crippen molar-refractivity contribution in [2.75, 3.05) is 0 Å². The summed E-state index contributed by atoms with van der Waals surface area (Å²) in [6, 6.07) is 3.51. The first kappa shape index (κ1) is 12.3. The van der Waals surface area contributed by atoms with Crippen molar-refractivity contribution in [3.8, 4) is 11.6 Å². The Morgan fingerprint density at radius 1 is 1.41 bits per heavy atom. The minimum Gasteiger partial charge on any atom is -0.446 e. The number of nitrogens with zero attached hydrogens (tertiary/aromatic N) is 2. The number of aliphatic hydroxyl groups is 1. The molecule has 92 valence electrons. The molecular formula is C11H13BrN2O3. The van der Waals surface area contributed by atoms with Crippen molar-refractivity contribution in [3.05, 3.63) is 22.7 Å². The van der Waals surface area contributed by atoms with Crippen LogP contribution in [0, 0.1) is 5.92 Å². The Morgan fingerprint density at radius 3 is 2.76 bits per heavy atom. The Bertz CT molecular complexity index is 492. The summed E-state index contributed by atoms with van der Waals surface area (Å²) in [5, 5.41) is 13.5. The third-order valence-corrected chi connectivity index (χ3v) is 2.84. The summed E-state index contributed by atoms with van der Waals surface area (Å²) < 4.78 is 11.0. The predicted octanol–water partition coefficient (Wildman–Crippen LogP) is 2.65. The fourth-order valence-electron chi connectivity index (χ4n) is 1.29. The number of rotatable bonds is 4. The van der Waals surface area contributed by atoms with Gasteiger partial charge in [0, 0.05) is 0 Å². The van der Waals surface area contributed by atoms with E-state index < -0.39 is 6.10 Å². The van der Waals surface area contributed by atoms with Gasteiger partial charge < -0.3 is 14.0 Å². The molecule has 0 bridgehead atoms. The molecule has 2 aromatic heterocycles. The van der Waals surface area contributed by atoms with Crippen LogP contribution in [0.15, 0.2) is 25.7 Å². The second kappa shape index (κ2) is 5.01. The second-order valence-corrected chi connectivity index (χ2v) is 4.91. The average molecular weight is 301 g/mol. The van der Waals surface area contributed by atoms with E-state index in [0.29, 0.717) is 28.6 Å². The summed E-state index contributed by atoms with van der Waals surface area (Å²) in [4.78, 5) is 4.16. The van der Waals surface area contributed by atoms with Crippen LogP contribution in [0.1, 0.15) is 19.7 Å². The molecule has 0 aliphatic rings. The quantitative estimate of drug-likeness (QED) is 0.940. The van der Waals surface area contributed by atoms with Gasteiger partial charge in [-0.15, -0.1) is 0 Å². The smallest absolute Gasteiger partial charge is 0.238 e. The van der Waals surface area contributed by atoms with Gasteiger partial charge in [-0.1, -0.05) is 19.0 Å². The van der Waals surface area contributed by atoms with Crippen molar-refractivity contribution in [2.45, 2.75) is 26.4 Å². The fraction of sp³-hybridized carbons (Fsp3) is 0.455. The molecule has 0 aliphatic carbocycles. The number of halogens is 1. The first-order chi connectivity index (χ1) is 8.06. The molecular weight excluding hydrogens is 288 g/mol. The van der Waals surface area contributed by atoms with E-state index in [2.05, 4.69) is 26.1 Å². The maximum atomic E-state index is 9.71. The van der Waals surface area contributed by atoms with Crippen molar-refractivity contribution in [3.63, 3.8) is 0 Å². The number of hydrogen-bond acceptors (Lipinski definition) is 5. The van der Waals surface area contributed by atoms with Gasteiger partial charge in [0.05, 0.1) is 12.5 Å². The Hall–Kier alpha value is -1.14. The van der Waals surface area contributed by atoms with Gasteiger partial charge in [-0.05, 0) is 34.0 Å². The zero-order valence-electron chi connectivity index (χ0n) is 9.55. The van der Waals surface area contributed by atoms with Crippen molar-refractivity contribution in [2.24, 2.45) is 5.92 Å². The van der Waals surface area contributed by atoms with Crippen LogP contribution in [0.2, 0.25) is 0 Å². The average Bonchev–Trinajstić information content (AvgIpc) is 2.86. The first-order valence-electron chi connectivity index (χ1n) is 5.32. The lowest BCUT2D eigenvalue weighted by molar-refractivity contribution is 0.116. The van der Waals surface area contributed by atoms with Gasteiger partial charge in [-0.25, -0.2) is 0 Å². The van der Waals surface area contributed by atoms with E-state index in [-0.39, 0.29) is 5.92 Å². The van der Waals surface area contributed by atoms with Crippen molar-refractivity contribution in [1.82, 2.24) is 10.1 Å². The first-order valence-corrected chi connectivity index (χ1v) is 6.12. The Labute approximate surface area is 107 Å². The molecule has 2 aromatic rings. The summed E-state index contributed by atoms with van der Waals surface area (Å²) in [6.45, 7) is 3.87. The zero-order valence-corrected chi connectivity index (χ0v) is 11.1. The minimum atomic E-state index is -0.480. The molecule has 1 atom stereocenters. The normalized spacial score (nSPS) is 13.2. The standard InChI is InChI=1S/C11H13BrN2O3/c1-6(2)7(15)5-10-13-11(14-17-10)8-3-4-9(12)16-8/h3-4,6-7,15H,5H2,1-2H3/t7-/m1/s1. The van der Waals surface area contributed by atoms with E-state index in [1.807, 2.05) is 13.8 Å². The molecule has 0 fully saturated rings. The van der Waals surface area contributed by atoms with E-state index in [1.165, 1.54) is 0 Å². The molecule has 17 heavy (non-hydrogen) atoms. The Balaban J connectivity index is 2.11. The van der Waals surface area contributed by atoms with Gasteiger partial charge in [-0.2, -0.15) is 4.98 Å². The molecule has 5 nitrogen and oxygen atoms in total. The van der Waals surface area contributed by atoms with Crippen molar-refractivity contribution < 1.29 is 14.0 Å². The third-order valence-electron chi connectivity index (χ3n) is 2.41. The van der Waals surface area contributed by atoms with E-state index >= 15 is 0 Å². The van der Waals surface area contributed by atoms with Gasteiger partial charge in [0.25, 0.3) is 0 Å². The fourth-order valence-corrected chi connectivity index (χ4v) is 1.59. The summed E-state index contributed by atoms with van der Waals surface area (Å²) in [7, 11) is 0. The topological polar surface area (TPSA) is 72.3 Å². The molecule has 6 heteroatoms. The minimum absolute atomic E-state index is 0.156. The molecule has 2 heterocycles. The van der Waals surface area contributed by atoms with Crippen molar-refractivity contribution in [1.29, 1.82) is 0 Å². The molecule has 0 aromatic carbocycles. The van der Waals surface area contributed by atoms with Gasteiger partial charge in [0.1, 0.15) is 0 Å². The molecule has 0 aliphatic heterocycles. The van der Waals surface area contributed by atoms with E-state index in [0.717, 1.165) is 0 Å². The van der Waals surface area contributed by atoms with Crippen LogP contribution in [-0.4, -0.2) is 21.4 Å². The summed E-state index contributed by atoms with van der Waals surface area (Å²) in [6.07, 6.45) is -0.126. The monoisotopic (exact) mass is 300 g/mol. The van der Waals surface area contributed by atoms with Crippen LogP contribution in [0.25, 0.3) is 11.6 Å². The molecule has 0 amide bonds. The number of furan rings is 1. The molecule has 1 N–H and O–H groups in total. The molecule has 0 saturated heterocycles. The van der Waals surface area contributed by atoms with E-state index in [1.54, 1.807) is 12.1 Å². The van der Waals surface area contributed by atoms with Crippen molar-refractivity contribution >= 4 is 15.9 Å². The molecule has 0 unspecified atom stereocenters. The molecule has 2 rings (SSSR count). The molecule has 0 spiro atoms. The van der Waals surface area contributed by atoms with Crippen LogP contribution in [-0.2, 0) is 6.42 Å². The SMILES string of the molecule is CC(C)[C@H](O)Cc1nc(-c2ccc(Br)o2)no1. The Kier molecular flexibility index (Phi) is 3.63. The number of hydrogen-bond donors (Lipinski definition) is 1. The third kappa shape index (κ3) is 2.95. The number of aromatic nitrogens is 2. The highest BCUT2D eigenvalue weighted by Gasteiger charge is 2.17. The largest absolute Gasteiger partial charge is 0.446 e. The summed E-state index contributed by atoms with van der Waals surface area (Å²) in [5.74, 6) is 1.49. The summed E-state index contributed by atoms with van der Waals surface area (Å²) >= 11 is 3.20. The van der Waals surface area contributed by atoms with Crippen LogP contribution in [0.3, 0.4) is 0 Å². The van der Waals surface area contributed by atoms with Crippen LogP contribution >= 0.6 is 15.9 Å². The highest BCUT2D eigenvalue weighted by Crippen LogP contribution is 2.22. The molecule has 0 radical (unpaired) electrons. The lowest BCUT2D eigenvalue weighted by atomic mass is 10.0. The van der Waals surface area contributed by atoms with Crippen LogP contribution in [0.4, 0.5) is 0 Å². The van der Waals surface area contributed by atoms with Crippen LogP contribution < -0.4 is 0 Å². The molecule has 0 saturated carbocycles. The highest BCUT2D eigenvalue weighted by atomic mass is 79.9. The van der Waals surface area contributed by atoms with Gasteiger partial charge in [0.2, 0.25) is 11.7 Å². The maximum absolute atomic E-state index is 9.71. The van der Waals surface area contributed by atoms with Gasteiger partial charge in [-0.3, -0.25) is 0 Å². The van der Waals surface area contributed by atoms with Gasteiger partial charge in [0.15, 0.2) is 10.4 Å². The van der Waals surface area contributed by atoms with Gasteiger partial charge >= 0.3 is 0 Å². The number of aliphatic hydroxyl groups excluding tert-OH is 1. The second-order valence-electron chi connectivity index (χ2n) is 4.13. The Morgan fingerprint density at radius 2 is 2.18 bits per heavy atom. The summed E-state index contributed by atoms with van der Waals surface area (Å²) in [5.41, 5.74) is 0.